The van der Waals surface area contributed by atoms with Crippen molar-refractivity contribution in [3.63, 3.8) is 0 Å². The smallest absolute Gasteiger partial charge is 0.230 e. The van der Waals surface area contributed by atoms with E-state index in [9.17, 15) is 4.79 Å². The summed E-state index contributed by atoms with van der Waals surface area (Å²) in [7, 11) is 0. The third-order valence-electron chi connectivity index (χ3n) is 4.78. The highest BCUT2D eigenvalue weighted by atomic mass is 32.2. The summed E-state index contributed by atoms with van der Waals surface area (Å²) in [4.78, 5) is 12.2. The number of rotatable bonds is 12. The zero-order valence-electron chi connectivity index (χ0n) is 18.8. The molecule has 7 nitrogen and oxygen atoms in total. The number of ether oxygens (including phenoxy) is 2. The number of carbonyl (C=O) groups is 1. The van der Waals surface area contributed by atoms with E-state index in [1.54, 1.807) is 0 Å². The molecule has 170 valence electrons. The molecular formula is C24H30N4O3S. The average molecular weight is 455 g/mol. The lowest BCUT2D eigenvalue weighted by molar-refractivity contribution is -0.118. The quantitative estimate of drug-likeness (QED) is 0.416. The molecule has 3 aromatic rings. The Labute approximate surface area is 193 Å². The summed E-state index contributed by atoms with van der Waals surface area (Å²) < 4.78 is 13.6. The van der Waals surface area contributed by atoms with E-state index < -0.39 is 0 Å². The second-order valence-electron chi connectivity index (χ2n) is 7.19. The van der Waals surface area contributed by atoms with Crippen molar-refractivity contribution in [3.8, 4) is 11.5 Å². The van der Waals surface area contributed by atoms with Gasteiger partial charge in [-0.15, -0.1) is 10.2 Å². The molecule has 1 N–H and O–H groups in total. The van der Waals surface area contributed by atoms with E-state index >= 15 is 0 Å². The maximum Gasteiger partial charge on any atom is 0.230 e. The van der Waals surface area contributed by atoms with Crippen LogP contribution in [0.1, 0.15) is 30.8 Å². The Morgan fingerprint density at radius 3 is 2.62 bits per heavy atom. The van der Waals surface area contributed by atoms with Crippen LogP contribution in [0.5, 0.6) is 11.5 Å². The van der Waals surface area contributed by atoms with E-state index in [0.717, 1.165) is 17.7 Å². The minimum absolute atomic E-state index is 0.0182. The molecule has 0 aliphatic rings. The first-order chi connectivity index (χ1) is 15.6. The van der Waals surface area contributed by atoms with E-state index in [2.05, 4.69) is 27.6 Å². The standard InChI is InChI=1S/C24H30N4O3S/c1-4-28-22(16-31-20-12-11-18(3)15-21(20)30-5-2)26-27-24(28)32-17-23(29)25-14-13-19-9-7-6-8-10-19/h6-12,15H,4-5,13-14,16-17H2,1-3H3,(H,25,29). The number of amides is 1. The van der Waals surface area contributed by atoms with Crippen LogP contribution in [0.2, 0.25) is 0 Å². The van der Waals surface area contributed by atoms with Crippen molar-refractivity contribution < 1.29 is 14.3 Å². The SMILES string of the molecule is CCOc1cc(C)ccc1OCc1nnc(SCC(=O)NCCc2ccccc2)n1CC. The van der Waals surface area contributed by atoms with Crippen LogP contribution in [0.25, 0.3) is 0 Å². The summed E-state index contributed by atoms with van der Waals surface area (Å²) in [5.41, 5.74) is 2.31. The lowest BCUT2D eigenvalue weighted by Crippen LogP contribution is -2.27. The van der Waals surface area contributed by atoms with Crippen LogP contribution in [0.15, 0.2) is 53.7 Å². The minimum Gasteiger partial charge on any atom is -0.490 e. The molecule has 0 aliphatic heterocycles. The lowest BCUT2D eigenvalue weighted by atomic mass is 10.1. The van der Waals surface area contributed by atoms with Crippen LogP contribution in [0.3, 0.4) is 0 Å². The van der Waals surface area contributed by atoms with Crippen LogP contribution >= 0.6 is 11.8 Å². The fourth-order valence-electron chi connectivity index (χ4n) is 3.17. The van der Waals surface area contributed by atoms with E-state index in [1.165, 1.54) is 17.3 Å². The van der Waals surface area contributed by atoms with Crippen molar-refractivity contribution in [2.24, 2.45) is 0 Å². The Morgan fingerprint density at radius 2 is 1.88 bits per heavy atom. The van der Waals surface area contributed by atoms with Crippen molar-refractivity contribution in [2.45, 2.75) is 45.5 Å². The molecule has 1 heterocycles. The Balaban J connectivity index is 1.51. The number of nitrogens with zero attached hydrogens (tertiary/aromatic N) is 3. The third kappa shape index (κ3) is 6.75. The average Bonchev–Trinajstić information content (AvgIpc) is 3.20. The highest BCUT2D eigenvalue weighted by Crippen LogP contribution is 2.29. The van der Waals surface area contributed by atoms with Crippen molar-refractivity contribution in [3.05, 3.63) is 65.5 Å². The number of hydrogen-bond donors (Lipinski definition) is 1. The fourth-order valence-corrected chi connectivity index (χ4v) is 4.02. The number of hydrogen-bond acceptors (Lipinski definition) is 6. The Kier molecular flexibility index (Phi) is 8.98. The van der Waals surface area contributed by atoms with Gasteiger partial charge in [0.05, 0.1) is 12.4 Å². The third-order valence-corrected chi connectivity index (χ3v) is 5.74. The number of benzene rings is 2. The molecule has 3 rings (SSSR count). The number of thioether (sulfide) groups is 1. The number of carbonyl (C=O) groups excluding carboxylic acids is 1. The van der Waals surface area contributed by atoms with Crippen LogP contribution in [-0.2, 0) is 24.4 Å². The minimum atomic E-state index is -0.0182. The topological polar surface area (TPSA) is 78.3 Å². The van der Waals surface area contributed by atoms with Gasteiger partial charge in [0.15, 0.2) is 22.5 Å². The molecule has 1 amide bonds. The van der Waals surface area contributed by atoms with Crippen molar-refractivity contribution in [1.82, 2.24) is 20.1 Å². The molecule has 0 saturated carbocycles. The van der Waals surface area contributed by atoms with Gasteiger partial charge in [-0.2, -0.15) is 0 Å². The van der Waals surface area contributed by atoms with E-state index in [4.69, 9.17) is 9.47 Å². The number of nitrogens with one attached hydrogen (secondary N) is 1. The molecule has 0 saturated heterocycles. The van der Waals surface area contributed by atoms with Gasteiger partial charge in [0.25, 0.3) is 0 Å². The summed E-state index contributed by atoms with van der Waals surface area (Å²) >= 11 is 1.38. The van der Waals surface area contributed by atoms with Crippen molar-refractivity contribution in [2.75, 3.05) is 18.9 Å². The molecule has 0 atom stereocenters. The molecule has 0 spiro atoms. The highest BCUT2D eigenvalue weighted by Gasteiger charge is 2.15. The number of aromatic nitrogens is 3. The van der Waals surface area contributed by atoms with Gasteiger partial charge in [-0.25, -0.2) is 0 Å². The molecule has 0 fully saturated rings. The number of aryl methyl sites for hydroxylation is 1. The van der Waals surface area contributed by atoms with Crippen molar-refractivity contribution in [1.29, 1.82) is 0 Å². The van der Waals surface area contributed by atoms with E-state index in [1.807, 2.05) is 61.7 Å². The largest absolute Gasteiger partial charge is 0.490 e. The predicted molar refractivity (Wildman–Crippen MR) is 126 cm³/mol. The van der Waals surface area contributed by atoms with E-state index in [0.29, 0.717) is 42.2 Å². The second kappa shape index (κ2) is 12.1. The van der Waals surface area contributed by atoms with Crippen LogP contribution in [-0.4, -0.2) is 39.6 Å². The highest BCUT2D eigenvalue weighted by molar-refractivity contribution is 7.99. The van der Waals surface area contributed by atoms with Gasteiger partial charge in [0.2, 0.25) is 5.91 Å². The molecule has 32 heavy (non-hydrogen) atoms. The van der Waals surface area contributed by atoms with Gasteiger partial charge in [-0.1, -0.05) is 48.2 Å². The zero-order valence-corrected chi connectivity index (χ0v) is 19.7. The van der Waals surface area contributed by atoms with Crippen LogP contribution < -0.4 is 14.8 Å². The van der Waals surface area contributed by atoms with Gasteiger partial charge in [-0.05, 0) is 50.5 Å². The van der Waals surface area contributed by atoms with Crippen molar-refractivity contribution >= 4 is 17.7 Å². The normalized spacial score (nSPS) is 10.7. The summed E-state index contributed by atoms with van der Waals surface area (Å²) in [5, 5.41) is 12.2. The maximum atomic E-state index is 12.2. The van der Waals surface area contributed by atoms with Crippen LogP contribution in [0, 0.1) is 6.92 Å². The van der Waals surface area contributed by atoms with Gasteiger partial charge >= 0.3 is 0 Å². The zero-order chi connectivity index (χ0) is 22.8. The first kappa shape index (κ1) is 23.7. The molecule has 1 aromatic heterocycles. The van der Waals surface area contributed by atoms with Gasteiger partial charge in [0.1, 0.15) is 6.61 Å². The summed E-state index contributed by atoms with van der Waals surface area (Å²) in [6, 6.07) is 16.0. The van der Waals surface area contributed by atoms with Gasteiger partial charge in [-0.3, -0.25) is 4.79 Å². The molecular weight excluding hydrogens is 424 g/mol. The molecule has 0 radical (unpaired) electrons. The fraction of sp³-hybridized carbons (Fsp3) is 0.375. The molecule has 0 bridgehead atoms. The maximum absolute atomic E-state index is 12.2. The lowest BCUT2D eigenvalue weighted by Gasteiger charge is -2.13. The second-order valence-corrected chi connectivity index (χ2v) is 8.13. The van der Waals surface area contributed by atoms with Gasteiger partial charge < -0.3 is 19.4 Å². The Hall–Kier alpha value is -3.00. The molecule has 8 heteroatoms. The summed E-state index contributed by atoms with van der Waals surface area (Å²) in [5.74, 6) is 2.38. The Bertz CT molecular complexity index is 1010. The van der Waals surface area contributed by atoms with Gasteiger partial charge in [0, 0.05) is 13.1 Å². The molecule has 2 aromatic carbocycles. The van der Waals surface area contributed by atoms with Crippen LogP contribution in [0.4, 0.5) is 0 Å². The predicted octanol–water partition coefficient (Wildman–Crippen LogP) is 4.04. The van der Waals surface area contributed by atoms with E-state index in [-0.39, 0.29) is 12.5 Å². The first-order valence-electron chi connectivity index (χ1n) is 10.8. The monoisotopic (exact) mass is 454 g/mol. The summed E-state index contributed by atoms with van der Waals surface area (Å²) in [6.07, 6.45) is 0.812. The Morgan fingerprint density at radius 1 is 1.06 bits per heavy atom. The molecule has 0 unspecified atom stereocenters. The summed E-state index contributed by atoms with van der Waals surface area (Å²) in [6.45, 7) is 8.13. The molecule has 0 aliphatic carbocycles. The first-order valence-corrected chi connectivity index (χ1v) is 11.8.